The predicted molar refractivity (Wildman–Crippen MR) is 105 cm³/mol. The Balaban J connectivity index is 0.000000189. The largest absolute Gasteiger partial charge is 0.494 e. The smallest absolute Gasteiger partial charge is 0.150 e. The SMILES string of the molecule is CCOc1cc(C=O)cc(OCC)c1.Nc1cc(Cl)c2ccccc2n1. The van der Waals surface area contributed by atoms with Gasteiger partial charge in [-0.15, -0.1) is 0 Å². The van der Waals surface area contributed by atoms with Crippen molar-refractivity contribution in [3.63, 3.8) is 0 Å². The lowest BCUT2D eigenvalue weighted by Gasteiger charge is -2.07. The van der Waals surface area contributed by atoms with Crippen LogP contribution in [0.25, 0.3) is 10.9 Å². The topological polar surface area (TPSA) is 74.4 Å². The van der Waals surface area contributed by atoms with Gasteiger partial charge in [0, 0.05) is 17.0 Å². The highest BCUT2D eigenvalue weighted by molar-refractivity contribution is 6.35. The molecule has 136 valence electrons. The fourth-order valence-corrected chi connectivity index (χ4v) is 2.59. The van der Waals surface area contributed by atoms with Gasteiger partial charge in [0.1, 0.15) is 23.6 Å². The van der Waals surface area contributed by atoms with Crippen molar-refractivity contribution in [3.05, 3.63) is 59.1 Å². The number of para-hydroxylation sites is 1. The van der Waals surface area contributed by atoms with E-state index in [9.17, 15) is 4.79 Å². The summed E-state index contributed by atoms with van der Waals surface area (Å²) in [6.07, 6.45) is 0.783. The Kier molecular flexibility index (Phi) is 7.24. The maximum atomic E-state index is 10.6. The molecule has 1 heterocycles. The van der Waals surface area contributed by atoms with Gasteiger partial charge in [-0.3, -0.25) is 4.79 Å². The highest BCUT2D eigenvalue weighted by Crippen LogP contribution is 2.23. The van der Waals surface area contributed by atoms with Crippen molar-refractivity contribution in [3.8, 4) is 11.5 Å². The number of pyridine rings is 1. The molecule has 0 bridgehead atoms. The molecule has 26 heavy (non-hydrogen) atoms. The van der Waals surface area contributed by atoms with Gasteiger partial charge in [0.15, 0.2) is 0 Å². The fourth-order valence-electron chi connectivity index (χ4n) is 2.31. The van der Waals surface area contributed by atoms with Crippen LogP contribution in [0.2, 0.25) is 5.02 Å². The zero-order valence-corrected chi connectivity index (χ0v) is 15.5. The molecule has 0 saturated carbocycles. The second-order valence-corrected chi connectivity index (χ2v) is 5.67. The summed E-state index contributed by atoms with van der Waals surface area (Å²) in [4.78, 5) is 14.7. The van der Waals surface area contributed by atoms with Gasteiger partial charge in [-0.05, 0) is 38.1 Å². The lowest BCUT2D eigenvalue weighted by molar-refractivity contribution is 0.112. The predicted octanol–water partition coefficient (Wildman–Crippen LogP) is 4.77. The zero-order valence-electron chi connectivity index (χ0n) is 14.7. The van der Waals surface area contributed by atoms with E-state index in [0.29, 0.717) is 41.1 Å². The van der Waals surface area contributed by atoms with Gasteiger partial charge in [-0.25, -0.2) is 4.98 Å². The number of fused-ring (bicyclic) bond motifs is 1. The number of aromatic nitrogens is 1. The molecule has 3 rings (SSSR count). The first-order valence-electron chi connectivity index (χ1n) is 8.24. The summed E-state index contributed by atoms with van der Waals surface area (Å²) in [6.45, 7) is 4.95. The molecular weight excluding hydrogens is 352 g/mol. The van der Waals surface area contributed by atoms with Crippen molar-refractivity contribution >= 4 is 34.6 Å². The summed E-state index contributed by atoms with van der Waals surface area (Å²) in [6, 6.07) is 14.5. The minimum absolute atomic E-state index is 0.457. The van der Waals surface area contributed by atoms with Gasteiger partial charge >= 0.3 is 0 Å². The summed E-state index contributed by atoms with van der Waals surface area (Å²) >= 11 is 5.94. The third-order valence-electron chi connectivity index (χ3n) is 3.35. The molecule has 0 aliphatic carbocycles. The van der Waals surface area contributed by atoms with Crippen LogP contribution in [0.4, 0.5) is 5.82 Å². The number of carbonyl (C=O) groups excluding carboxylic acids is 1. The maximum absolute atomic E-state index is 10.6. The van der Waals surface area contributed by atoms with Gasteiger partial charge < -0.3 is 15.2 Å². The molecule has 0 spiro atoms. The van der Waals surface area contributed by atoms with E-state index < -0.39 is 0 Å². The van der Waals surface area contributed by atoms with Crippen molar-refractivity contribution in [2.75, 3.05) is 18.9 Å². The number of hydrogen-bond acceptors (Lipinski definition) is 5. The lowest BCUT2D eigenvalue weighted by Crippen LogP contribution is -1.96. The maximum Gasteiger partial charge on any atom is 0.150 e. The number of rotatable bonds is 5. The molecule has 1 aromatic heterocycles. The number of hydrogen-bond donors (Lipinski definition) is 1. The molecule has 6 heteroatoms. The van der Waals surface area contributed by atoms with Crippen molar-refractivity contribution in [1.82, 2.24) is 4.98 Å². The number of halogens is 1. The average molecular weight is 373 g/mol. The van der Waals surface area contributed by atoms with Crippen LogP contribution in [-0.4, -0.2) is 24.5 Å². The molecule has 0 aliphatic heterocycles. The van der Waals surface area contributed by atoms with E-state index in [2.05, 4.69) is 4.98 Å². The Bertz CT molecular complexity index is 860. The zero-order chi connectivity index (χ0) is 18.9. The van der Waals surface area contributed by atoms with Crippen LogP contribution in [0.15, 0.2) is 48.5 Å². The van der Waals surface area contributed by atoms with Crippen LogP contribution >= 0.6 is 11.6 Å². The molecule has 2 aromatic carbocycles. The van der Waals surface area contributed by atoms with E-state index in [1.54, 1.807) is 24.3 Å². The van der Waals surface area contributed by atoms with Crippen molar-refractivity contribution in [1.29, 1.82) is 0 Å². The second-order valence-electron chi connectivity index (χ2n) is 5.27. The van der Waals surface area contributed by atoms with E-state index in [-0.39, 0.29) is 0 Å². The Morgan fingerprint density at radius 1 is 1.04 bits per heavy atom. The minimum Gasteiger partial charge on any atom is -0.494 e. The molecule has 0 aliphatic rings. The van der Waals surface area contributed by atoms with Crippen LogP contribution < -0.4 is 15.2 Å². The van der Waals surface area contributed by atoms with Crippen LogP contribution in [0.1, 0.15) is 24.2 Å². The quantitative estimate of drug-likeness (QED) is 0.653. The number of anilines is 1. The summed E-state index contributed by atoms with van der Waals surface area (Å²) in [5, 5.41) is 1.59. The first-order chi connectivity index (χ1) is 12.6. The summed E-state index contributed by atoms with van der Waals surface area (Å²) in [5.74, 6) is 1.79. The molecule has 0 amide bonds. The molecule has 2 N–H and O–H groups in total. The van der Waals surface area contributed by atoms with Crippen molar-refractivity contribution < 1.29 is 14.3 Å². The Hall–Kier alpha value is -2.79. The number of carbonyl (C=O) groups is 1. The highest BCUT2D eigenvalue weighted by Gasteiger charge is 2.01. The standard InChI is InChI=1S/C11H14O3.C9H7ClN2/c1-3-13-10-5-9(8-12)6-11(7-10)14-4-2;10-7-5-9(11)12-8-4-2-1-3-6(7)8/h5-8H,3-4H2,1-2H3;1-5H,(H2,11,12). The highest BCUT2D eigenvalue weighted by atomic mass is 35.5. The van der Waals surface area contributed by atoms with Crippen LogP contribution in [-0.2, 0) is 0 Å². The molecule has 0 radical (unpaired) electrons. The summed E-state index contributed by atoms with van der Waals surface area (Å²) in [5.41, 5.74) is 6.93. The van der Waals surface area contributed by atoms with E-state index >= 15 is 0 Å². The van der Waals surface area contributed by atoms with Gasteiger partial charge in [-0.1, -0.05) is 29.8 Å². The molecule has 3 aromatic rings. The lowest BCUT2D eigenvalue weighted by atomic mass is 10.2. The summed E-state index contributed by atoms with van der Waals surface area (Å²) in [7, 11) is 0. The first-order valence-corrected chi connectivity index (χ1v) is 8.61. The van der Waals surface area contributed by atoms with Gasteiger partial charge in [0.25, 0.3) is 0 Å². The summed E-state index contributed by atoms with van der Waals surface area (Å²) < 4.78 is 10.6. The van der Waals surface area contributed by atoms with E-state index in [4.69, 9.17) is 26.8 Å². The number of nitrogens with two attached hydrogens (primary N) is 1. The van der Waals surface area contributed by atoms with Crippen molar-refractivity contribution in [2.24, 2.45) is 0 Å². The number of benzene rings is 2. The Morgan fingerprint density at radius 2 is 1.65 bits per heavy atom. The Morgan fingerprint density at radius 3 is 2.23 bits per heavy atom. The van der Waals surface area contributed by atoms with Crippen molar-refractivity contribution in [2.45, 2.75) is 13.8 Å². The Labute approximate surface area is 157 Å². The molecule has 0 atom stereocenters. The number of nitrogen functional groups attached to an aromatic ring is 1. The van der Waals surface area contributed by atoms with Crippen LogP contribution in [0.5, 0.6) is 11.5 Å². The number of ether oxygens (including phenoxy) is 2. The van der Waals surface area contributed by atoms with Crippen LogP contribution in [0.3, 0.4) is 0 Å². The third-order valence-corrected chi connectivity index (χ3v) is 3.66. The number of aldehydes is 1. The van der Waals surface area contributed by atoms with Gasteiger partial charge in [0.2, 0.25) is 0 Å². The molecule has 0 saturated heterocycles. The first kappa shape index (κ1) is 19.5. The molecule has 0 fully saturated rings. The monoisotopic (exact) mass is 372 g/mol. The molecule has 0 unspecified atom stereocenters. The minimum atomic E-state index is 0.457. The van der Waals surface area contributed by atoms with Crippen LogP contribution in [0, 0.1) is 0 Å². The molecule has 5 nitrogen and oxygen atoms in total. The average Bonchev–Trinajstić information content (AvgIpc) is 2.62. The molecular formula is C20H21ClN2O3. The van der Waals surface area contributed by atoms with E-state index in [1.807, 2.05) is 38.1 Å². The van der Waals surface area contributed by atoms with E-state index in [0.717, 1.165) is 17.2 Å². The fraction of sp³-hybridized carbons (Fsp3) is 0.200. The van der Waals surface area contributed by atoms with Gasteiger partial charge in [-0.2, -0.15) is 0 Å². The third kappa shape index (κ3) is 5.36. The number of nitrogens with zero attached hydrogens (tertiary/aromatic N) is 1. The normalized spacial score (nSPS) is 9.96. The van der Waals surface area contributed by atoms with E-state index in [1.165, 1.54) is 0 Å². The van der Waals surface area contributed by atoms with Gasteiger partial charge in [0.05, 0.1) is 23.8 Å². The second kappa shape index (κ2) is 9.63.